The summed E-state index contributed by atoms with van der Waals surface area (Å²) in [5, 5.41) is 1.56. The fraction of sp³-hybridized carbons (Fsp3) is 0.737. The molecule has 0 amide bonds. The molecule has 0 fully saturated rings. The van der Waals surface area contributed by atoms with Gasteiger partial charge in [0.2, 0.25) is 0 Å². The van der Waals surface area contributed by atoms with Crippen molar-refractivity contribution in [3.8, 4) is 0 Å². The minimum Gasteiger partial charge on any atom is -0.744 e. The number of hydrogen-bond acceptors (Lipinski definition) is 3. The first-order chi connectivity index (χ1) is 20.5. The molecule has 0 N–H and O–H groups in total. The third kappa shape index (κ3) is 18.4. The Kier molecular flexibility index (Phi) is 24.3. The SMILES string of the molecule is CCCCCCCCCCCCCCc1cc(S(=O)(=O)[O-])c2cccc(CCCCCCCCCCCCCC)c2c1.[Na+]. The Labute approximate surface area is 288 Å². The first-order valence-corrected chi connectivity index (χ1v) is 19.4. The van der Waals surface area contributed by atoms with E-state index in [1.165, 1.54) is 140 Å². The Morgan fingerprint density at radius 1 is 0.512 bits per heavy atom. The largest absolute Gasteiger partial charge is 1.00 e. The summed E-state index contributed by atoms with van der Waals surface area (Å²) in [5.74, 6) is 0. The zero-order chi connectivity index (χ0) is 30.3. The van der Waals surface area contributed by atoms with Crippen molar-refractivity contribution >= 4 is 20.9 Å². The minimum absolute atomic E-state index is 0. The second kappa shape index (κ2) is 25.8. The van der Waals surface area contributed by atoms with Crippen molar-refractivity contribution in [1.29, 1.82) is 0 Å². The quantitative estimate of drug-likeness (QED) is 0.0567. The molecule has 0 saturated heterocycles. The summed E-state index contributed by atoms with van der Waals surface area (Å²) in [6.45, 7) is 4.54. The van der Waals surface area contributed by atoms with Gasteiger partial charge < -0.3 is 4.55 Å². The summed E-state index contributed by atoms with van der Waals surface area (Å²) in [5.41, 5.74) is 2.17. The van der Waals surface area contributed by atoms with E-state index in [4.69, 9.17) is 0 Å². The Balaban J connectivity index is 0.00000924. The van der Waals surface area contributed by atoms with E-state index in [1.54, 1.807) is 12.1 Å². The third-order valence-corrected chi connectivity index (χ3v) is 9.87. The van der Waals surface area contributed by atoms with E-state index in [0.717, 1.165) is 43.1 Å². The standard InChI is InChI=1S/C38H64O3S.Na/c1-3-5-7-9-11-13-15-17-19-21-23-25-28-34-32-37-35(30-27-31-36(37)38(33-34)42(39,40)41)29-26-24-22-20-18-16-14-12-10-8-6-4-2;/h27,30-33H,3-26,28-29H2,1-2H3,(H,39,40,41);/q;+1/p-1. The summed E-state index contributed by atoms with van der Waals surface area (Å²) >= 11 is 0. The molecule has 3 nitrogen and oxygen atoms in total. The Hall–Kier alpha value is -0.390. The van der Waals surface area contributed by atoms with Crippen LogP contribution in [0.3, 0.4) is 0 Å². The van der Waals surface area contributed by atoms with Gasteiger partial charge >= 0.3 is 29.6 Å². The molecule has 0 spiro atoms. The molecule has 0 bridgehead atoms. The smallest absolute Gasteiger partial charge is 0.744 e. The number of hydrogen-bond donors (Lipinski definition) is 0. The normalized spacial score (nSPS) is 11.7. The number of rotatable bonds is 27. The van der Waals surface area contributed by atoms with Crippen LogP contribution in [-0.4, -0.2) is 13.0 Å². The van der Waals surface area contributed by atoms with E-state index >= 15 is 0 Å². The first kappa shape index (κ1) is 40.6. The van der Waals surface area contributed by atoms with Crippen LogP contribution in [0.5, 0.6) is 0 Å². The number of aryl methyl sites for hydroxylation is 2. The average Bonchev–Trinajstić information content (AvgIpc) is 2.97. The first-order valence-electron chi connectivity index (χ1n) is 18.0. The molecule has 0 radical (unpaired) electrons. The summed E-state index contributed by atoms with van der Waals surface area (Å²) in [6.07, 6.45) is 33.3. The van der Waals surface area contributed by atoms with Gasteiger partial charge in [-0.3, -0.25) is 0 Å². The van der Waals surface area contributed by atoms with Gasteiger partial charge in [0.05, 0.1) is 4.90 Å². The average molecular weight is 623 g/mol. The minimum atomic E-state index is -4.52. The van der Waals surface area contributed by atoms with Crippen LogP contribution in [0, 0.1) is 0 Å². The zero-order valence-electron chi connectivity index (χ0n) is 28.4. The predicted molar refractivity (Wildman–Crippen MR) is 181 cm³/mol. The van der Waals surface area contributed by atoms with Crippen molar-refractivity contribution in [2.45, 2.75) is 186 Å². The Morgan fingerprint density at radius 2 is 0.907 bits per heavy atom. The van der Waals surface area contributed by atoms with Crippen molar-refractivity contribution in [3.05, 3.63) is 41.5 Å². The molecule has 0 saturated carbocycles. The molecule has 2 aromatic carbocycles. The van der Waals surface area contributed by atoms with Crippen molar-refractivity contribution in [2.24, 2.45) is 0 Å². The van der Waals surface area contributed by atoms with E-state index < -0.39 is 10.1 Å². The molecule has 0 aliphatic carbocycles. The molecule has 0 aromatic heterocycles. The maximum Gasteiger partial charge on any atom is 1.00 e. The van der Waals surface area contributed by atoms with Gasteiger partial charge in [-0.15, -0.1) is 0 Å². The Morgan fingerprint density at radius 3 is 1.33 bits per heavy atom. The molecule has 0 aliphatic heterocycles. The molecule has 2 rings (SSSR count). The molecule has 0 unspecified atom stereocenters. The Bertz CT molecular complexity index is 1070. The maximum atomic E-state index is 12.2. The van der Waals surface area contributed by atoms with Crippen molar-refractivity contribution in [1.82, 2.24) is 0 Å². The van der Waals surface area contributed by atoms with Gasteiger partial charge in [0.15, 0.2) is 0 Å². The van der Waals surface area contributed by atoms with E-state index in [0.29, 0.717) is 5.39 Å². The molecular formula is C38H63NaO3S. The molecule has 43 heavy (non-hydrogen) atoms. The van der Waals surface area contributed by atoms with E-state index in [2.05, 4.69) is 26.0 Å². The van der Waals surface area contributed by atoms with Crippen LogP contribution in [0.25, 0.3) is 10.8 Å². The van der Waals surface area contributed by atoms with Gasteiger partial charge in [-0.1, -0.05) is 179 Å². The third-order valence-electron chi connectivity index (χ3n) is 9.00. The molecule has 0 atom stereocenters. The van der Waals surface area contributed by atoms with Crippen LogP contribution < -0.4 is 29.6 Å². The van der Waals surface area contributed by atoms with Gasteiger partial charge in [-0.25, -0.2) is 8.42 Å². The van der Waals surface area contributed by atoms with Crippen LogP contribution in [0.1, 0.15) is 179 Å². The van der Waals surface area contributed by atoms with Crippen molar-refractivity contribution in [2.75, 3.05) is 0 Å². The van der Waals surface area contributed by atoms with Crippen LogP contribution in [0.15, 0.2) is 35.2 Å². The molecule has 5 heteroatoms. The van der Waals surface area contributed by atoms with Gasteiger partial charge in [-0.05, 0) is 53.6 Å². The van der Waals surface area contributed by atoms with Crippen LogP contribution >= 0.6 is 0 Å². The van der Waals surface area contributed by atoms with E-state index in [9.17, 15) is 13.0 Å². The molecule has 2 aromatic rings. The zero-order valence-corrected chi connectivity index (χ0v) is 31.2. The molecular weight excluding hydrogens is 559 g/mol. The summed E-state index contributed by atoms with van der Waals surface area (Å²) in [4.78, 5) is -0.0366. The number of benzene rings is 2. The van der Waals surface area contributed by atoms with Crippen LogP contribution in [0.4, 0.5) is 0 Å². The molecule has 0 heterocycles. The van der Waals surface area contributed by atoms with Gasteiger partial charge in [0.25, 0.3) is 0 Å². The van der Waals surface area contributed by atoms with Gasteiger partial charge in [0.1, 0.15) is 10.1 Å². The number of fused-ring (bicyclic) bond motifs is 1. The fourth-order valence-electron chi connectivity index (χ4n) is 6.37. The summed E-state index contributed by atoms with van der Waals surface area (Å²) < 4.78 is 36.6. The predicted octanol–water partition coefficient (Wildman–Crippen LogP) is 9.24. The topological polar surface area (TPSA) is 57.2 Å². The summed E-state index contributed by atoms with van der Waals surface area (Å²) in [6, 6.07) is 9.65. The van der Waals surface area contributed by atoms with E-state index in [-0.39, 0.29) is 34.5 Å². The second-order valence-electron chi connectivity index (χ2n) is 12.8. The fourth-order valence-corrected chi connectivity index (χ4v) is 7.11. The number of unbranched alkanes of at least 4 members (excludes halogenated alkanes) is 22. The van der Waals surface area contributed by atoms with Crippen LogP contribution in [0.2, 0.25) is 0 Å². The van der Waals surface area contributed by atoms with Crippen molar-refractivity contribution < 1.29 is 42.5 Å². The summed E-state index contributed by atoms with van der Waals surface area (Å²) in [7, 11) is -4.52. The second-order valence-corrected chi connectivity index (χ2v) is 14.2. The van der Waals surface area contributed by atoms with Crippen molar-refractivity contribution in [3.63, 3.8) is 0 Å². The molecule has 240 valence electrons. The monoisotopic (exact) mass is 622 g/mol. The van der Waals surface area contributed by atoms with Gasteiger partial charge in [-0.2, -0.15) is 0 Å². The maximum absolute atomic E-state index is 12.2. The molecule has 0 aliphatic rings. The van der Waals surface area contributed by atoms with Crippen LogP contribution in [-0.2, 0) is 23.0 Å². The van der Waals surface area contributed by atoms with E-state index in [1.807, 2.05) is 6.07 Å². The van der Waals surface area contributed by atoms with Gasteiger partial charge in [0, 0.05) is 0 Å².